The predicted octanol–water partition coefficient (Wildman–Crippen LogP) is 5.10. The van der Waals surface area contributed by atoms with E-state index in [0.29, 0.717) is 0 Å². The molecule has 0 aromatic heterocycles. The van der Waals surface area contributed by atoms with Gasteiger partial charge >= 0.3 is 6.16 Å². The van der Waals surface area contributed by atoms with Gasteiger partial charge in [-0.1, -0.05) is 54.0 Å². The number of carbonyl (C=O) groups is 1. The lowest BCUT2D eigenvalue weighted by molar-refractivity contribution is -0.0531. The Morgan fingerprint density at radius 3 is 2.00 bits per heavy atom. The zero-order valence-corrected chi connectivity index (χ0v) is 13.4. The zero-order chi connectivity index (χ0) is 15.1. The van der Waals surface area contributed by atoms with Crippen molar-refractivity contribution >= 4 is 6.16 Å². The molecule has 19 heavy (non-hydrogen) atoms. The molecule has 3 heteroatoms. The van der Waals surface area contributed by atoms with E-state index >= 15 is 0 Å². The van der Waals surface area contributed by atoms with Gasteiger partial charge in [-0.2, -0.15) is 0 Å². The molecular formula is C16H30O3. The second-order valence-corrected chi connectivity index (χ2v) is 6.25. The van der Waals surface area contributed by atoms with Crippen LogP contribution in [0.1, 0.15) is 67.2 Å². The third-order valence-electron chi connectivity index (χ3n) is 3.50. The van der Waals surface area contributed by atoms with Gasteiger partial charge in [-0.25, -0.2) is 4.79 Å². The molecule has 1 unspecified atom stereocenters. The number of hydrogen-bond donors (Lipinski definition) is 0. The maximum atomic E-state index is 11.9. The van der Waals surface area contributed by atoms with Gasteiger partial charge < -0.3 is 9.47 Å². The maximum absolute atomic E-state index is 11.9. The van der Waals surface area contributed by atoms with Crippen LogP contribution in [0.2, 0.25) is 0 Å². The summed E-state index contributed by atoms with van der Waals surface area (Å²) in [6.07, 6.45) is 4.40. The molecule has 0 saturated carbocycles. The fourth-order valence-electron chi connectivity index (χ4n) is 1.83. The summed E-state index contributed by atoms with van der Waals surface area (Å²) in [6, 6.07) is 0. The highest BCUT2D eigenvalue weighted by atomic mass is 16.7. The molecular weight excluding hydrogens is 240 g/mol. The highest BCUT2D eigenvalue weighted by Crippen LogP contribution is 2.28. The molecule has 0 spiro atoms. The van der Waals surface area contributed by atoms with E-state index in [1.165, 1.54) is 0 Å². The van der Waals surface area contributed by atoms with Crippen LogP contribution in [0.15, 0.2) is 12.7 Å². The Morgan fingerprint density at radius 1 is 1.21 bits per heavy atom. The second kappa shape index (κ2) is 7.56. The van der Waals surface area contributed by atoms with Crippen LogP contribution in [0.3, 0.4) is 0 Å². The first kappa shape index (κ1) is 18.0. The van der Waals surface area contributed by atoms with Crippen LogP contribution in [0.25, 0.3) is 0 Å². The highest BCUT2D eigenvalue weighted by Gasteiger charge is 2.32. The van der Waals surface area contributed by atoms with Crippen molar-refractivity contribution in [1.82, 2.24) is 0 Å². The molecule has 1 atom stereocenters. The van der Waals surface area contributed by atoms with Crippen molar-refractivity contribution in [3.8, 4) is 0 Å². The van der Waals surface area contributed by atoms with Crippen molar-refractivity contribution < 1.29 is 14.3 Å². The van der Waals surface area contributed by atoms with Crippen LogP contribution >= 0.6 is 0 Å². The lowest BCUT2D eigenvalue weighted by atomic mass is 9.90. The van der Waals surface area contributed by atoms with Crippen molar-refractivity contribution in [1.29, 1.82) is 0 Å². The Kier molecular flexibility index (Phi) is 7.17. The van der Waals surface area contributed by atoms with E-state index in [9.17, 15) is 4.79 Å². The molecule has 0 aliphatic carbocycles. The number of carbonyl (C=O) groups excluding carboxylic acids is 1. The first-order chi connectivity index (χ1) is 8.70. The van der Waals surface area contributed by atoms with Gasteiger partial charge in [-0.15, -0.1) is 0 Å². The van der Waals surface area contributed by atoms with Crippen molar-refractivity contribution in [2.75, 3.05) is 0 Å². The molecule has 112 valence electrons. The van der Waals surface area contributed by atoms with Crippen LogP contribution in [0, 0.1) is 5.41 Å². The Labute approximate surface area is 118 Å². The summed E-state index contributed by atoms with van der Waals surface area (Å²) in [5.41, 5.74) is -0.677. The maximum Gasteiger partial charge on any atom is 0.509 e. The SMILES string of the molecule is C=CC(CCC)(CCC)OC(=O)OC(C)C(C)(C)C. The molecule has 0 bridgehead atoms. The first-order valence-electron chi connectivity index (χ1n) is 7.24. The summed E-state index contributed by atoms with van der Waals surface area (Å²) in [7, 11) is 0. The lowest BCUT2D eigenvalue weighted by Gasteiger charge is -2.32. The Balaban J connectivity index is 4.67. The Morgan fingerprint density at radius 2 is 1.68 bits per heavy atom. The second-order valence-electron chi connectivity index (χ2n) is 6.25. The molecule has 0 aromatic carbocycles. The summed E-state index contributed by atoms with van der Waals surface area (Å²) in [5, 5.41) is 0. The smallest absolute Gasteiger partial charge is 0.431 e. The van der Waals surface area contributed by atoms with Gasteiger partial charge in [0.25, 0.3) is 0 Å². The van der Waals surface area contributed by atoms with E-state index in [-0.39, 0.29) is 11.5 Å². The third-order valence-corrected chi connectivity index (χ3v) is 3.50. The molecule has 0 rings (SSSR count). The molecule has 0 fully saturated rings. The molecule has 0 aliphatic rings. The average Bonchev–Trinajstić information content (AvgIpc) is 2.28. The van der Waals surface area contributed by atoms with Crippen molar-refractivity contribution in [3.63, 3.8) is 0 Å². The number of rotatable bonds is 7. The molecule has 0 amide bonds. The third kappa shape index (κ3) is 6.13. The summed E-state index contributed by atoms with van der Waals surface area (Å²) in [5.74, 6) is 0. The number of ether oxygens (including phenoxy) is 2. The van der Waals surface area contributed by atoms with Crippen LogP contribution in [0.4, 0.5) is 4.79 Å². The van der Waals surface area contributed by atoms with Gasteiger partial charge in [0.1, 0.15) is 11.7 Å². The minimum atomic E-state index is -0.593. The fraction of sp³-hybridized carbons (Fsp3) is 0.812. The van der Waals surface area contributed by atoms with Gasteiger partial charge in [0.05, 0.1) is 0 Å². The van der Waals surface area contributed by atoms with Gasteiger partial charge in [0.15, 0.2) is 0 Å². The van der Waals surface area contributed by atoms with E-state index in [4.69, 9.17) is 9.47 Å². The summed E-state index contributed by atoms with van der Waals surface area (Å²) in [4.78, 5) is 11.9. The van der Waals surface area contributed by atoms with Gasteiger partial charge in [0.2, 0.25) is 0 Å². The van der Waals surface area contributed by atoms with Gasteiger partial charge in [-0.05, 0) is 31.3 Å². The molecule has 0 heterocycles. The van der Waals surface area contributed by atoms with Crippen LogP contribution in [-0.4, -0.2) is 17.9 Å². The Bertz CT molecular complexity index is 283. The average molecular weight is 270 g/mol. The van der Waals surface area contributed by atoms with Crippen LogP contribution in [-0.2, 0) is 9.47 Å². The fourth-order valence-corrected chi connectivity index (χ4v) is 1.83. The van der Waals surface area contributed by atoms with E-state index in [0.717, 1.165) is 25.7 Å². The van der Waals surface area contributed by atoms with E-state index in [1.54, 1.807) is 6.08 Å². The van der Waals surface area contributed by atoms with Crippen molar-refractivity contribution in [2.24, 2.45) is 5.41 Å². The molecule has 0 aliphatic heterocycles. The normalized spacial score (nSPS) is 13.8. The minimum Gasteiger partial charge on any atom is -0.431 e. The first-order valence-corrected chi connectivity index (χ1v) is 7.24. The molecule has 3 nitrogen and oxygen atoms in total. The minimum absolute atomic E-state index is 0.0919. The molecule has 0 aromatic rings. The Hall–Kier alpha value is -0.990. The zero-order valence-electron chi connectivity index (χ0n) is 13.4. The van der Waals surface area contributed by atoms with Crippen LogP contribution in [0.5, 0.6) is 0 Å². The van der Waals surface area contributed by atoms with Gasteiger partial charge in [-0.3, -0.25) is 0 Å². The molecule has 0 N–H and O–H groups in total. The molecule has 0 radical (unpaired) electrons. The molecule has 0 saturated heterocycles. The lowest BCUT2D eigenvalue weighted by Crippen LogP contribution is -2.36. The van der Waals surface area contributed by atoms with E-state index in [2.05, 4.69) is 20.4 Å². The largest absolute Gasteiger partial charge is 0.509 e. The summed E-state index contributed by atoms with van der Waals surface area (Å²) >= 11 is 0. The standard InChI is InChI=1S/C16H30O3/c1-8-11-16(10-3,12-9-2)19-14(17)18-13(4)15(5,6)7/h10,13H,3,8-9,11-12H2,1-2,4-7H3. The van der Waals surface area contributed by atoms with Crippen molar-refractivity contribution in [2.45, 2.75) is 78.9 Å². The highest BCUT2D eigenvalue weighted by molar-refractivity contribution is 5.61. The van der Waals surface area contributed by atoms with E-state index in [1.807, 2.05) is 27.7 Å². The quantitative estimate of drug-likeness (QED) is 0.477. The predicted molar refractivity (Wildman–Crippen MR) is 79.2 cm³/mol. The van der Waals surface area contributed by atoms with E-state index < -0.39 is 11.8 Å². The topological polar surface area (TPSA) is 35.5 Å². The van der Waals surface area contributed by atoms with Crippen molar-refractivity contribution in [3.05, 3.63) is 12.7 Å². The summed E-state index contributed by atoms with van der Waals surface area (Å²) in [6.45, 7) is 15.9. The number of hydrogen-bond acceptors (Lipinski definition) is 3. The monoisotopic (exact) mass is 270 g/mol. The van der Waals surface area contributed by atoms with Gasteiger partial charge in [0, 0.05) is 0 Å². The summed E-state index contributed by atoms with van der Waals surface area (Å²) < 4.78 is 10.9. The van der Waals surface area contributed by atoms with Crippen LogP contribution < -0.4 is 0 Å².